The number of hydrogen-bond donors (Lipinski definition) is 3. The standard InChI is InChI=1S/C26H31N3O5/c1-3-20-16-23(30)28-21(14-18-10-6-4-7-11-18)25(32)27-17(2)24(31)29-22(26(33)34-20)15-19-12-8-5-9-13-19/h4-13,17,20-22H,3,14-16H2,1-2H3,(H,27,32)(H,28,30)(H,29,31)/t17-,20-,21-,22-/m1/s1. The molecule has 3 N–H and O–H groups in total. The molecule has 34 heavy (non-hydrogen) atoms. The monoisotopic (exact) mass is 465 g/mol. The van der Waals surface area contributed by atoms with Crippen LogP contribution in [0.1, 0.15) is 37.8 Å². The number of amides is 3. The second kappa shape index (κ2) is 12.0. The van der Waals surface area contributed by atoms with Crippen LogP contribution in [0.5, 0.6) is 0 Å². The van der Waals surface area contributed by atoms with Crippen LogP contribution in [0.3, 0.4) is 0 Å². The van der Waals surface area contributed by atoms with Crippen LogP contribution in [0, 0.1) is 0 Å². The number of carbonyl (C=O) groups excluding carboxylic acids is 4. The molecule has 0 unspecified atom stereocenters. The summed E-state index contributed by atoms with van der Waals surface area (Å²) < 4.78 is 5.61. The summed E-state index contributed by atoms with van der Waals surface area (Å²) in [4.78, 5) is 51.6. The SMILES string of the molecule is CC[C@@H]1CC(=O)N[C@H](Cc2ccccc2)C(=O)N[C@H](C)C(=O)N[C@H](Cc2ccccc2)C(=O)O1. The fraction of sp³-hybridized carbons (Fsp3) is 0.385. The number of benzene rings is 2. The van der Waals surface area contributed by atoms with Crippen molar-refractivity contribution in [3.8, 4) is 0 Å². The summed E-state index contributed by atoms with van der Waals surface area (Å²) >= 11 is 0. The highest BCUT2D eigenvalue weighted by atomic mass is 16.5. The van der Waals surface area contributed by atoms with Crippen molar-refractivity contribution in [2.45, 2.75) is 63.8 Å². The summed E-state index contributed by atoms with van der Waals surface area (Å²) in [5, 5.41) is 8.12. The van der Waals surface area contributed by atoms with E-state index in [0.29, 0.717) is 6.42 Å². The van der Waals surface area contributed by atoms with Gasteiger partial charge in [0.05, 0.1) is 6.42 Å². The number of carbonyl (C=O) groups is 4. The molecule has 3 rings (SSSR count). The van der Waals surface area contributed by atoms with Gasteiger partial charge in [0, 0.05) is 12.8 Å². The maximum atomic E-state index is 13.0. The Morgan fingerprint density at radius 2 is 1.32 bits per heavy atom. The molecule has 1 aliphatic heterocycles. The fourth-order valence-corrected chi connectivity index (χ4v) is 3.75. The van der Waals surface area contributed by atoms with Crippen LogP contribution in [0.25, 0.3) is 0 Å². The highest BCUT2D eigenvalue weighted by Gasteiger charge is 2.31. The van der Waals surface area contributed by atoms with E-state index in [9.17, 15) is 19.2 Å². The van der Waals surface area contributed by atoms with Gasteiger partial charge in [-0.3, -0.25) is 14.4 Å². The minimum atomic E-state index is -0.952. The van der Waals surface area contributed by atoms with Gasteiger partial charge in [0.1, 0.15) is 24.2 Å². The van der Waals surface area contributed by atoms with Gasteiger partial charge in [-0.2, -0.15) is 0 Å². The average molecular weight is 466 g/mol. The summed E-state index contributed by atoms with van der Waals surface area (Å²) in [6.45, 7) is 3.35. The molecule has 1 saturated heterocycles. The molecule has 1 aliphatic rings. The van der Waals surface area contributed by atoms with Gasteiger partial charge < -0.3 is 20.7 Å². The third kappa shape index (κ3) is 7.16. The molecule has 2 aromatic rings. The molecule has 180 valence electrons. The number of nitrogens with one attached hydrogen (secondary N) is 3. The lowest BCUT2D eigenvalue weighted by atomic mass is 10.0. The maximum Gasteiger partial charge on any atom is 0.329 e. The van der Waals surface area contributed by atoms with Crippen LogP contribution in [0.4, 0.5) is 0 Å². The lowest BCUT2D eigenvalue weighted by molar-refractivity contribution is -0.154. The molecule has 1 fully saturated rings. The zero-order valence-corrected chi connectivity index (χ0v) is 19.5. The molecule has 8 heteroatoms. The van der Waals surface area contributed by atoms with Gasteiger partial charge in [-0.1, -0.05) is 67.6 Å². The Morgan fingerprint density at radius 1 is 0.765 bits per heavy atom. The van der Waals surface area contributed by atoms with Crippen molar-refractivity contribution in [3.05, 3.63) is 71.8 Å². The lowest BCUT2D eigenvalue weighted by Gasteiger charge is -2.23. The molecular weight excluding hydrogens is 434 g/mol. The van der Waals surface area contributed by atoms with E-state index in [4.69, 9.17) is 4.74 Å². The fourth-order valence-electron chi connectivity index (χ4n) is 3.75. The average Bonchev–Trinajstić information content (AvgIpc) is 2.83. The summed E-state index contributed by atoms with van der Waals surface area (Å²) in [6.07, 6.45) is 0.145. The van der Waals surface area contributed by atoms with Gasteiger partial charge in [0.2, 0.25) is 17.7 Å². The smallest absolute Gasteiger partial charge is 0.329 e. The molecule has 0 radical (unpaired) electrons. The first-order valence-corrected chi connectivity index (χ1v) is 11.5. The van der Waals surface area contributed by atoms with Gasteiger partial charge in [-0.25, -0.2) is 4.79 Å². The van der Waals surface area contributed by atoms with Crippen molar-refractivity contribution < 1.29 is 23.9 Å². The zero-order valence-electron chi connectivity index (χ0n) is 19.5. The van der Waals surface area contributed by atoms with E-state index in [2.05, 4.69) is 16.0 Å². The summed E-state index contributed by atoms with van der Waals surface area (Å²) in [7, 11) is 0. The first-order valence-electron chi connectivity index (χ1n) is 11.5. The topological polar surface area (TPSA) is 114 Å². The van der Waals surface area contributed by atoms with Gasteiger partial charge in [-0.15, -0.1) is 0 Å². The highest BCUT2D eigenvalue weighted by Crippen LogP contribution is 2.12. The molecule has 2 aromatic carbocycles. The second-order valence-electron chi connectivity index (χ2n) is 8.46. The van der Waals surface area contributed by atoms with Crippen LogP contribution >= 0.6 is 0 Å². The number of cyclic esters (lactones) is 1. The molecule has 8 nitrogen and oxygen atoms in total. The van der Waals surface area contributed by atoms with E-state index < -0.39 is 47.9 Å². The van der Waals surface area contributed by atoms with E-state index in [1.807, 2.05) is 67.6 Å². The quantitative estimate of drug-likeness (QED) is 0.582. The second-order valence-corrected chi connectivity index (χ2v) is 8.46. The summed E-state index contributed by atoms with van der Waals surface area (Å²) in [6, 6.07) is 15.8. The lowest BCUT2D eigenvalue weighted by Crippen LogP contribution is -2.55. The Hall–Kier alpha value is -3.68. The van der Waals surface area contributed by atoms with E-state index in [-0.39, 0.29) is 19.3 Å². The van der Waals surface area contributed by atoms with E-state index >= 15 is 0 Å². The molecule has 0 spiro atoms. The van der Waals surface area contributed by atoms with Crippen LogP contribution in [0.2, 0.25) is 0 Å². The van der Waals surface area contributed by atoms with Gasteiger partial charge in [-0.05, 0) is 24.5 Å². The number of hydrogen-bond acceptors (Lipinski definition) is 5. The molecular formula is C26H31N3O5. The van der Waals surface area contributed by atoms with E-state index in [0.717, 1.165) is 11.1 Å². The first kappa shape index (κ1) is 25.0. The minimum Gasteiger partial charge on any atom is -0.460 e. The molecule has 4 atom stereocenters. The molecule has 0 saturated carbocycles. The third-order valence-corrected chi connectivity index (χ3v) is 5.72. The summed E-state index contributed by atoms with van der Waals surface area (Å²) in [5.41, 5.74) is 1.71. The molecule has 0 aliphatic carbocycles. The van der Waals surface area contributed by atoms with Crippen LogP contribution in [0.15, 0.2) is 60.7 Å². The van der Waals surface area contributed by atoms with Crippen molar-refractivity contribution in [3.63, 3.8) is 0 Å². The normalized spacial score (nSPS) is 24.4. The van der Waals surface area contributed by atoms with Crippen molar-refractivity contribution in [1.82, 2.24) is 16.0 Å². The molecule has 3 amide bonds. The third-order valence-electron chi connectivity index (χ3n) is 5.72. The molecule has 0 bridgehead atoms. The largest absolute Gasteiger partial charge is 0.460 e. The predicted octanol–water partition coefficient (Wildman–Crippen LogP) is 1.67. The van der Waals surface area contributed by atoms with Gasteiger partial charge in [0.15, 0.2) is 0 Å². The van der Waals surface area contributed by atoms with E-state index in [1.165, 1.54) is 6.92 Å². The summed E-state index contributed by atoms with van der Waals surface area (Å²) in [5.74, 6) is -2.00. The Labute approximate surface area is 199 Å². The Kier molecular flexibility index (Phi) is 8.79. The van der Waals surface area contributed by atoms with Crippen LogP contribution < -0.4 is 16.0 Å². The Balaban J connectivity index is 1.84. The number of esters is 1. The van der Waals surface area contributed by atoms with Crippen molar-refractivity contribution in [2.24, 2.45) is 0 Å². The van der Waals surface area contributed by atoms with Crippen molar-refractivity contribution >= 4 is 23.7 Å². The first-order chi connectivity index (χ1) is 16.4. The number of rotatable bonds is 5. The Bertz CT molecular complexity index is 996. The van der Waals surface area contributed by atoms with E-state index in [1.54, 1.807) is 0 Å². The maximum absolute atomic E-state index is 13.0. The predicted molar refractivity (Wildman–Crippen MR) is 127 cm³/mol. The molecule has 0 aromatic heterocycles. The Morgan fingerprint density at radius 3 is 1.88 bits per heavy atom. The zero-order chi connectivity index (χ0) is 24.5. The van der Waals surface area contributed by atoms with Crippen molar-refractivity contribution in [2.75, 3.05) is 0 Å². The minimum absolute atomic E-state index is 0.0810. The number of ether oxygens (including phenoxy) is 1. The van der Waals surface area contributed by atoms with Gasteiger partial charge in [0.25, 0.3) is 0 Å². The van der Waals surface area contributed by atoms with Crippen LogP contribution in [-0.4, -0.2) is 47.9 Å². The highest BCUT2D eigenvalue weighted by molar-refractivity contribution is 5.94. The van der Waals surface area contributed by atoms with Crippen LogP contribution in [-0.2, 0) is 36.8 Å². The molecule has 1 heterocycles. The van der Waals surface area contributed by atoms with Gasteiger partial charge >= 0.3 is 5.97 Å². The van der Waals surface area contributed by atoms with Crippen molar-refractivity contribution in [1.29, 1.82) is 0 Å².